The molecule has 3 N–H and O–H groups in total. The zero-order valence-electron chi connectivity index (χ0n) is 13.8. The number of hydrogen-bond acceptors (Lipinski definition) is 4. The van der Waals surface area contributed by atoms with Crippen molar-refractivity contribution in [2.24, 2.45) is 17.6 Å². The highest BCUT2D eigenvalue weighted by molar-refractivity contribution is 6.22. The van der Waals surface area contributed by atoms with Gasteiger partial charge in [0.2, 0.25) is 11.8 Å². The summed E-state index contributed by atoms with van der Waals surface area (Å²) in [6, 6.07) is 15.5. The van der Waals surface area contributed by atoms with Crippen LogP contribution in [0.1, 0.15) is 17.3 Å². The molecule has 0 spiro atoms. The topological polar surface area (TPSA) is 92.5 Å². The van der Waals surface area contributed by atoms with Gasteiger partial charge in [-0.25, -0.2) is 0 Å². The van der Waals surface area contributed by atoms with Crippen LogP contribution in [0.15, 0.2) is 54.6 Å². The van der Waals surface area contributed by atoms with E-state index in [0.29, 0.717) is 16.9 Å². The first-order valence-electron chi connectivity index (χ1n) is 8.07. The molecule has 1 aliphatic heterocycles. The number of nitrogens with two attached hydrogens (primary N) is 1. The number of carbonyl (C=O) groups excluding carboxylic acids is 3. The highest BCUT2D eigenvalue weighted by Crippen LogP contribution is 2.30. The van der Waals surface area contributed by atoms with Gasteiger partial charge < -0.3 is 11.1 Å². The van der Waals surface area contributed by atoms with Gasteiger partial charge in [-0.2, -0.15) is 0 Å². The number of imide groups is 1. The molecule has 0 aromatic heterocycles. The molecule has 1 saturated heterocycles. The minimum atomic E-state index is -0.492. The molecule has 128 valence electrons. The van der Waals surface area contributed by atoms with Gasteiger partial charge in [0.1, 0.15) is 0 Å². The molecule has 1 aliphatic rings. The maximum atomic E-state index is 12.4. The first kappa shape index (κ1) is 16.9. The van der Waals surface area contributed by atoms with Gasteiger partial charge in [-0.05, 0) is 36.4 Å². The van der Waals surface area contributed by atoms with E-state index >= 15 is 0 Å². The molecule has 6 nitrogen and oxygen atoms in total. The second kappa shape index (κ2) is 6.86. The summed E-state index contributed by atoms with van der Waals surface area (Å²) in [5.74, 6) is -1.74. The second-order valence-corrected chi connectivity index (χ2v) is 6.01. The van der Waals surface area contributed by atoms with Crippen LogP contribution < -0.4 is 16.0 Å². The Hall–Kier alpha value is -2.99. The number of anilines is 2. The molecule has 2 aromatic rings. The lowest BCUT2D eigenvalue weighted by Crippen LogP contribution is -2.32. The molecule has 0 radical (unpaired) electrons. The smallest absolute Gasteiger partial charge is 0.255 e. The van der Waals surface area contributed by atoms with E-state index in [1.807, 2.05) is 18.2 Å². The van der Waals surface area contributed by atoms with Crippen molar-refractivity contribution in [1.82, 2.24) is 0 Å². The van der Waals surface area contributed by atoms with E-state index in [9.17, 15) is 14.4 Å². The number of nitrogens with zero attached hydrogens (tertiary/aromatic N) is 1. The first-order valence-corrected chi connectivity index (χ1v) is 8.07. The average molecular weight is 337 g/mol. The number of carbonyl (C=O) groups is 3. The van der Waals surface area contributed by atoms with Crippen molar-refractivity contribution in [1.29, 1.82) is 0 Å². The van der Waals surface area contributed by atoms with Gasteiger partial charge in [-0.15, -0.1) is 0 Å². The molecule has 0 bridgehead atoms. The van der Waals surface area contributed by atoms with E-state index in [4.69, 9.17) is 5.73 Å². The zero-order chi connectivity index (χ0) is 18.0. The third kappa shape index (κ3) is 3.16. The summed E-state index contributed by atoms with van der Waals surface area (Å²) in [4.78, 5) is 38.1. The summed E-state index contributed by atoms with van der Waals surface area (Å²) >= 11 is 0. The second-order valence-electron chi connectivity index (χ2n) is 6.01. The van der Waals surface area contributed by atoms with Crippen LogP contribution in [0, 0.1) is 11.8 Å². The van der Waals surface area contributed by atoms with Gasteiger partial charge in [0.25, 0.3) is 5.91 Å². The van der Waals surface area contributed by atoms with Crippen LogP contribution in [-0.4, -0.2) is 24.3 Å². The largest absolute Gasteiger partial charge is 0.330 e. The van der Waals surface area contributed by atoms with Gasteiger partial charge in [0.05, 0.1) is 11.6 Å². The van der Waals surface area contributed by atoms with Crippen LogP contribution in [0.3, 0.4) is 0 Å². The van der Waals surface area contributed by atoms with Crippen molar-refractivity contribution < 1.29 is 14.4 Å². The molecule has 1 heterocycles. The van der Waals surface area contributed by atoms with Gasteiger partial charge in [-0.3, -0.25) is 19.3 Å². The van der Waals surface area contributed by atoms with Crippen LogP contribution in [0.25, 0.3) is 0 Å². The standard InChI is InChI=1S/C19H19N3O3/c1-12-16(11-20)19(25)22(18(12)24)15-9-7-13(8-10-15)17(23)21-14-5-3-2-4-6-14/h2-10,12,16H,11,20H2,1H3,(H,21,23). The Labute approximate surface area is 145 Å². The molecule has 0 saturated carbocycles. The SMILES string of the molecule is CC1C(=O)N(c2ccc(C(=O)Nc3ccccc3)cc2)C(=O)C1CN. The average Bonchev–Trinajstić information content (AvgIpc) is 2.84. The summed E-state index contributed by atoms with van der Waals surface area (Å²) in [7, 11) is 0. The summed E-state index contributed by atoms with van der Waals surface area (Å²) in [5.41, 5.74) is 7.19. The molecule has 2 atom stereocenters. The van der Waals surface area contributed by atoms with E-state index in [1.54, 1.807) is 43.3 Å². The molecule has 6 heteroatoms. The molecule has 2 unspecified atom stereocenters. The maximum absolute atomic E-state index is 12.4. The fourth-order valence-corrected chi connectivity index (χ4v) is 2.91. The van der Waals surface area contributed by atoms with Crippen molar-refractivity contribution in [2.75, 3.05) is 16.8 Å². The van der Waals surface area contributed by atoms with Crippen LogP contribution in [0.5, 0.6) is 0 Å². The molecular weight excluding hydrogens is 318 g/mol. The number of para-hydroxylation sites is 1. The minimum absolute atomic E-state index is 0.139. The highest BCUT2D eigenvalue weighted by Gasteiger charge is 2.44. The molecule has 1 fully saturated rings. The van der Waals surface area contributed by atoms with Gasteiger partial charge in [-0.1, -0.05) is 25.1 Å². The first-order chi connectivity index (χ1) is 12.0. The number of rotatable bonds is 4. The molecular formula is C19H19N3O3. The number of benzene rings is 2. The fourth-order valence-electron chi connectivity index (χ4n) is 2.91. The Morgan fingerprint density at radius 2 is 1.68 bits per heavy atom. The molecule has 0 aliphatic carbocycles. The van der Waals surface area contributed by atoms with Crippen molar-refractivity contribution in [3.05, 3.63) is 60.2 Å². The molecule has 2 aromatic carbocycles. The predicted molar refractivity (Wildman–Crippen MR) is 95.0 cm³/mol. The Morgan fingerprint density at radius 3 is 2.24 bits per heavy atom. The number of nitrogens with one attached hydrogen (secondary N) is 1. The van der Waals surface area contributed by atoms with Gasteiger partial charge >= 0.3 is 0 Å². The van der Waals surface area contributed by atoms with E-state index in [1.165, 1.54) is 0 Å². The third-order valence-corrected chi connectivity index (χ3v) is 4.42. The van der Waals surface area contributed by atoms with Crippen LogP contribution in [-0.2, 0) is 9.59 Å². The summed E-state index contributed by atoms with van der Waals surface area (Å²) < 4.78 is 0. The maximum Gasteiger partial charge on any atom is 0.255 e. The predicted octanol–water partition coefficient (Wildman–Crippen LogP) is 2.02. The highest BCUT2D eigenvalue weighted by atomic mass is 16.2. The van der Waals surface area contributed by atoms with Crippen molar-refractivity contribution in [2.45, 2.75) is 6.92 Å². The Bertz CT molecular complexity index is 802. The van der Waals surface area contributed by atoms with E-state index in [2.05, 4.69) is 5.32 Å². The molecule has 3 rings (SSSR count). The zero-order valence-corrected chi connectivity index (χ0v) is 13.8. The lowest BCUT2D eigenvalue weighted by Gasteiger charge is -2.15. The van der Waals surface area contributed by atoms with Crippen molar-refractivity contribution >= 4 is 29.1 Å². The van der Waals surface area contributed by atoms with Crippen LogP contribution in [0.2, 0.25) is 0 Å². The van der Waals surface area contributed by atoms with Gasteiger partial charge in [0, 0.05) is 23.7 Å². The molecule has 3 amide bonds. The monoisotopic (exact) mass is 337 g/mol. The third-order valence-electron chi connectivity index (χ3n) is 4.42. The summed E-state index contributed by atoms with van der Waals surface area (Å²) in [5, 5.41) is 2.79. The fraction of sp³-hybridized carbons (Fsp3) is 0.211. The summed E-state index contributed by atoms with van der Waals surface area (Å²) in [6.07, 6.45) is 0. The van der Waals surface area contributed by atoms with Crippen LogP contribution in [0.4, 0.5) is 11.4 Å². The Kier molecular flexibility index (Phi) is 4.63. The normalized spacial score (nSPS) is 20.0. The lowest BCUT2D eigenvalue weighted by atomic mass is 9.97. The van der Waals surface area contributed by atoms with Crippen LogP contribution >= 0.6 is 0 Å². The number of amides is 3. The molecule has 25 heavy (non-hydrogen) atoms. The van der Waals surface area contributed by atoms with E-state index in [0.717, 1.165) is 4.90 Å². The van der Waals surface area contributed by atoms with Crippen molar-refractivity contribution in [3.63, 3.8) is 0 Å². The van der Waals surface area contributed by atoms with E-state index < -0.39 is 11.8 Å². The lowest BCUT2D eigenvalue weighted by molar-refractivity contribution is -0.122. The summed E-state index contributed by atoms with van der Waals surface area (Å²) in [6.45, 7) is 1.85. The van der Waals surface area contributed by atoms with Gasteiger partial charge in [0.15, 0.2) is 0 Å². The Morgan fingerprint density at radius 1 is 1.04 bits per heavy atom. The minimum Gasteiger partial charge on any atom is -0.330 e. The van der Waals surface area contributed by atoms with E-state index in [-0.39, 0.29) is 24.3 Å². The van der Waals surface area contributed by atoms with Crippen molar-refractivity contribution in [3.8, 4) is 0 Å². The number of hydrogen-bond donors (Lipinski definition) is 2. The Balaban J connectivity index is 1.77. The quantitative estimate of drug-likeness (QED) is 0.835.